The predicted octanol–water partition coefficient (Wildman–Crippen LogP) is 2.77. The molecule has 0 bridgehead atoms. The number of nitrogens with zero attached hydrogens (tertiary/aromatic N) is 1. The van der Waals surface area contributed by atoms with Crippen LogP contribution in [0.5, 0.6) is 0 Å². The first-order valence-corrected chi connectivity index (χ1v) is 9.29. The van der Waals surface area contributed by atoms with E-state index >= 15 is 0 Å². The van der Waals surface area contributed by atoms with Crippen LogP contribution in [0.2, 0.25) is 0 Å². The molecule has 0 unspecified atom stereocenters. The van der Waals surface area contributed by atoms with E-state index in [1.807, 2.05) is 19.9 Å². The topological polar surface area (TPSA) is 106 Å². The Morgan fingerprint density at radius 3 is 2.28 bits per heavy atom. The van der Waals surface area contributed by atoms with E-state index in [1.165, 1.54) is 24.3 Å². The fraction of sp³-hybridized carbons (Fsp3) is 0.235. The summed E-state index contributed by atoms with van der Waals surface area (Å²) in [7, 11) is -3.69. The Balaban J connectivity index is 2.00. The molecule has 1 amide bonds. The second-order valence-corrected chi connectivity index (χ2v) is 7.87. The summed E-state index contributed by atoms with van der Waals surface area (Å²) in [5, 5.41) is 13.2. The van der Waals surface area contributed by atoms with E-state index in [4.69, 9.17) is 0 Å². The second kappa shape index (κ2) is 7.43. The van der Waals surface area contributed by atoms with Gasteiger partial charge in [-0.05, 0) is 42.7 Å². The van der Waals surface area contributed by atoms with Gasteiger partial charge in [0.1, 0.15) is 5.75 Å². The predicted molar refractivity (Wildman–Crippen MR) is 95.1 cm³/mol. The first kappa shape index (κ1) is 18.6. The number of carbonyl (C=O) groups excluding carboxylic acids is 1. The molecule has 2 aromatic carbocycles. The number of carbonyl (C=O) groups is 1. The molecule has 0 atom stereocenters. The van der Waals surface area contributed by atoms with E-state index in [0.717, 1.165) is 11.1 Å². The number of nitro groups is 1. The molecule has 0 fully saturated rings. The van der Waals surface area contributed by atoms with Crippen molar-refractivity contribution in [1.29, 1.82) is 0 Å². The van der Waals surface area contributed by atoms with Gasteiger partial charge in [0.2, 0.25) is 5.91 Å². The Bertz CT molecular complexity index is 905. The third-order valence-electron chi connectivity index (χ3n) is 3.68. The lowest BCUT2D eigenvalue weighted by Gasteiger charge is -2.08. The number of hydrogen-bond donors (Lipinski definition) is 1. The van der Waals surface area contributed by atoms with Gasteiger partial charge < -0.3 is 5.32 Å². The Morgan fingerprint density at radius 2 is 1.72 bits per heavy atom. The number of benzene rings is 2. The first-order valence-electron chi connectivity index (χ1n) is 7.47. The van der Waals surface area contributed by atoms with Gasteiger partial charge >= 0.3 is 0 Å². The molecule has 0 saturated heterocycles. The Kier molecular flexibility index (Phi) is 5.53. The molecule has 0 spiro atoms. The van der Waals surface area contributed by atoms with Crippen LogP contribution in [0.1, 0.15) is 16.7 Å². The molecular formula is C17H18N2O5S. The average molecular weight is 362 g/mol. The molecule has 0 heterocycles. The number of hydrogen-bond acceptors (Lipinski definition) is 5. The molecule has 0 aliphatic heterocycles. The number of sulfone groups is 1. The minimum Gasteiger partial charge on any atom is -0.325 e. The smallest absolute Gasteiger partial charge is 0.269 e. The van der Waals surface area contributed by atoms with Crippen molar-refractivity contribution in [3.05, 3.63) is 69.3 Å². The highest BCUT2D eigenvalue weighted by Gasteiger charge is 2.18. The van der Waals surface area contributed by atoms with E-state index < -0.39 is 26.4 Å². The molecule has 2 rings (SSSR count). The van der Waals surface area contributed by atoms with Crippen LogP contribution >= 0.6 is 0 Å². The van der Waals surface area contributed by atoms with Crippen molar-refractivity contribution in [2.75, 3.05) is 11.1 Å². The molecular weight excluding hydrogens is 344 g/mol. The van der Waals surface area contributed by atoms with Gasteiger partial charge in [0.25, 0.3) is 5.69 Å². The molecule has 0 radical (unpaired) electrons. The Hall–Kier alpha value is -2.74. The van der Waals surface area contributed by atoms with Crippen LogP contribution in [0.3, 0.4) is 0 Å². The van der Waals surface area contributed by atoms with Gasteiger partial charge in [-0.25, -0.2) is 8.42 Å². The molecule has 0 aliphatic rings. The van der Waals surface area contributed by atoms with Gasteiger partial charge in [-0.1, -0.05) is 18.2 Å². The summed E-state index contributed by atoms with van der Waals surface area (Å²) in [6.07, 6.45) is 0. The minimum atomic E-state index is -3.69. The van der Waals surface area contributed by atoms with Crippen molar-refractivity contribution in [3.63, 3.8) is 0 Å². The standard InChI is InChI=1S/C17H18N2O5S/c1-12-3-6-15(9-13(12)2)18-17(20)11-25(23,24)10-14-4-7-16(8-5-14)19(21)22/h3-9H,10-11H2,1-2H3,(H,18,20). The van der Waals surface area contributed by atoms with Gasteiger partial charge in [0.15, 0.2) is 9.84 Å². The largest absolute Gasteiger partial charge is 0.325 e. The molecule has 25 heavy (non-hydrogen) atoms. The van der Waals surface area contributed by atoms with Crippen molar-refractivity contribution in [2.24, 2.45) is 0 Å². The summed E-state index contributed by atoms with van der Waals surface area (Å²) < 4.78 is 24.3. The number of nitrogens with one attached hydrogen (secondary N) is 1. The number of aryl methyl sites for hydroxylation is 2. The monoisotopic (exact) mass is 362 g/mol. The van der Waals surface area contributed by atoms with Crippen LogP contribution in [0, 0.1) is 24.0 Å². The summed E-state index contributed by atoms with van der Waals surface area (Å²) in [6, 6.07) is 10.5. The van der Waals surface area contributed by atoms with Crippen molar-refractivity contribution >= 4 is 27.1 Å². The van der Waals surface area contributed by atoms with Crippen LogP contribution in [-0.2, 0) is 20.4 Å². The molecule has 0 saturated carbocycles. The van der Waals surface area contributed by atoms with Crippen molar-refractivity contribution in [2.45, 2.75) is 19.6 Å². The van der Waals surface area contributed by atoms with Crippen LogP contribution in [0.4, 0.5) is 11.4 Å². The van der Waals surface area contributed by atoms with E-state index in [1.54, 1.807) is 12.1 Å². The molecule has 0 aromatic heterocycles. The maximum Gasteiger partial charge on any atom is 0.269 e. The normalized spacial score (nSPS) is 11.1. The summed E-state index contributed by atoms with van der Waals surface area (Å²) in [5.74, 6) is -1.63. The molecule has 7 nitrogen and oxygen atoms in total. The van der Waals surface area contributed by atoms with Crippen LogP contribution in [-0.4, -0.2) is 25.0 Å². The zero-order chi connectivity index (χ0) is 18.6. The first-order chi connectivity index (χ1) is 11.7. The van der Waals surface area contributed by atoms with Crippen LogP contribution in [0.25, 0.3) is 0 Å². The second-order valence-electron chi connectivity index (χ2n) is 5.80. The van der Waals surface area contributed by atoms with Gasteiger partial charge in [-0.15, -0.1) is 0 Å². The lowest BCUT2D eigenvalue weighted by Crippen LogP contribution is -2.24. The van der Waals surface area contributed by atoms with E-state index in [2.05, 4.69) is 5.32 Å². The highest BCUT2D eigenvalue weighted by molar-refractivity contribution is 7.91. The number of non-ortho nitro benzene ring substituents is 1. The molecule has 8 heteroatoms. The summed E-state index contributed by atoms with van der Waals surface area (Å²) in [5.41, 5.74) is 2.88. The third-order valence-corrected chi connectivity index (χ3v) is 5.15. The number of amides is 1. The fourth-order valence-electron chi connectivity index (χ4n) is 2.23. The van der Waals surface area contributed by atoms with Gasteiger partial charge in [-0.3, -0.25) is 14.9 Å². The average Bonchev–Trinajstić information content (AvgIpc) is 2.50. The number of rotatable bonds is 6. The molecule has 0 aliphatic carbocycles. The quantitative estimate of drug-likeness (QED) is 0.628. The lowest BCUT2D eigenvalue weighted by atomic mass is 10.1. The van der Waals surface area contributed by atoms with Gasteiger partial charge in [-0.2, -0.15) is 0 Å². The summed E-state index contributed by atoms with van der Waals surface area (Å²) in [6.45, 7) is 3.84. The number of anilines is 1. The zero-order valence-corrected chi connectivity index (χ0v) is 14.7. The minimum absolute atomic E-state index is 0.117. The van der Waals surface area contributed by atoms with Crippen molar-refractivity contribution < 1.29 is 18.1 Å². The zero-order valence-electron chi connectivity index (χ0n) is 13.9. The lowest BCUT2D eigenvalue weighted by molar-refractivity contribution is -0.384. The van der Waals surface area contributed by atoms with Gasteiger partial charge in [0, 0.05) is 17.8 Å². The maximum absolute atomic E-state index is 12.1. The molecule has 1 N–H and O–H groups in total. The van der Waals surface area contributed by atoms with Crippen LogP contribution in [0.15, 0.2) is 42.5 Å². The molecule has 2 aromatic rings. The summed E-state index contributed by atoms with van der Waals surface area (Å²) >= 11 is 0. The van der Waals surface area contributed by atoms with E-state index in [0.29, 0.717) is 11.3 Å². The third kappa shape index (κ3) is 5.39. The van der Waals surface area contributed by atoms with E-state index in [-0.39, 0.29) is 11.4 Å². The SMILES string of the molecule is Cc1ccc(NC(=O)CS(=O)(=O)Cc2ccc([N+](=O)[O-])cc2)cc1C. The highest BCUT2D eigenvalue weighted by atomic mass is 32.2. The highest BCUT2D eigenvalue weighted by Crippen LogP contribution is 2.16. The molecule has 132 valence electrons. The number of nitro benzene ring substituents is 1. The van der Waals surface area contributed by atoms with Gasteiger partial charge in [0.05, 0.1) is 10.7 Å². The Morgan fingerprint density at radius 1 is 1.08 bits per heavy atom. The van der Waals surface area contributed by atoms with Crippen LogP contribution < -0.4 is 5.32 Å². The van der Waals surface area contributed by atoms with Crippen molar-refractivity contribution in [1.82, 2.24) is 0 Å². The Labute approximate surface area is 145 Å². The van der Waals surface area contributed by atoms with Crippen molar-refractivity contribution in [3.8, 4) is 0 Å². The fourth-order valence-corrected chi connectivity index (χ4v) is 3.51. The van der Waals surface area contributed by atoms with E-state index in [9.17, 15) is 23.3 Å². The summed E-state index contributed by atoms with van der Waals surface area (Å²) in [4.78, 5) is 22.0. The maximum atomic E-state index is 12.1.